The average molecular weight is 725 g/mol. The lowest BCUT2D eigenvalue weighted by Gasteiger charge is -2.44. The Hall–Kier alpha value is -7.36. The molecule has 0 spiro atoms. The highest BCUT2D eigenvalue weighted by molar-refractivity contribution is 7.00. The van der Waals surface area contributed by atoms with E-state index in [4.69, 9.17) is 0 Å². The molecule has 0 aromatic heterocycles. The van der Waals surface area contributed by atoms with E-state index in [1.165, 1.54) is 83.6 Å². The van der Waals surface area contributed by atoms with E-state index in [2.05, 4.69) is 234 Å². The molecule has 0 aliphatic carbocycles. The molecule has 3 heteroatoms. The lowest BCUT2D eigenvalue weighted by molar-refractivity contribution is 1.25. The molecule has 0 radical (unpaired) electrons. The Morgan fingerprint density at radius 3 is 1.16 bits per heavy atom. The molecule has 0 N–H and O–H groups in total. The number of hydrogen-bond acceptors (Lipinski definition) is 2. The summed E-state index contributed by atoms with van der Waals surface area (Å²) < 4.78 is 0. The van der Waals surface area contributed by atoms with E-state index in [1.54, 1.807) is 0 Å². The fourth-order valence-corrected chi connectivity index (χ4v) is 9.02. The summed E-state index contributed by atoms with van der Waals surface area (Å²) in [4.78, 5) is 5.00. The predicted octanol–water partition coefficient (Wildman–Crippen LogP) is 12.4. The third-order valence-corrected chi connectivity index (χ3v) is 11.6. The van der Waals surface area contributed by atoms with Crippen LogP contribution in [0.25, 0.3) is 44.5 Å². The molecule has 0 saturated carbocycles. The van der Waals surface area contributed by atoms with Crippen molar-refractivity contribution in [2.75, 3.05) is 9.80 Å². The van der Waals surface area contributed by atoms with Gasteiger partial charge in [0.2, 0.25) is 0 Å². The van der Waals surface area contributed by atoms with Gasteiger partial charge in [-0.15, -0.1) is 0 Å². The van der Waals surface area contributed by atoms with E-state index in [1.807, 2.05) is 0 Å². The van der Waals surface area contributed by atoms with Gasteiger partial charge in [-0.05, 0) is 109 Å². The van der Waals surface area contributed by atoms with Gasteiger partial charge in [-0.1, -0.05) is 176 Å². The molecule has 57 heavy (non-hydrogen) atoms. The first-order valence-corrected chi connectivity index (χ1v) is 19.7. The van der Waals surface area contributed by atoms with Crippen LogP contribution in [-0.2, 0) is 0 Å². The Morgan fingerprint density at radius 1 is 0.246 bits per heavy atom. The Morgan fingerprint density at radius 2 is 0.649 bits per heavy atom. The molecule has 9 aromatic carbocycles. The maximum Gasteiger partial charge on any atom is 0.252 e. The molecule has 9 aromatic rings. The summed E-state index contributed by atoms with van der Waals surface area (Å²) >= 11 is 0. The van der Waals surface area contributed by atoms with E-state index < -0.39 is 0 Å². The van der Waals surface area contributed by atoms with Gasteiger partial charge < -0.3 is 9.80 Å². The van der Waals surface area contributed by atoms with Gasteiger partial charge in [0, 0.05) is 34.1 Å². The van der Waals surface area contributed by atoms with Crippen molar-refractivity contribution in [3.8, 4) is 44.5 Å². The van der Waals surface area contributed by atoms with Crippen LogP contribution in [-0.4, -0.2) is 6.71 Å². The topological polar surface area (TPSA) is 6.48 Å². The number of rotatable bonds is 6. The smallest absolute Gasteiger partial charge is 0.252 e. The number of hydrogen-bond donors (Lipinski definition) is 0. The largest absolute Gasteiger partial charge is 0.311 e. The molecule has 0 unspecified atom stereocenters. The summed E-state index contributed by atoms with van der Waals surface area (Å²) in [7, 11) is 0. The fraction of sp³-hybridized carbons (Fsp3) is 0. The Kier molecular flexibility index (Phi) is 7.96. The summed E-state index contributed by atoms with van der Waals surface area (Å²) in [5.41, 5.74) is 20.6. The minimum absolute atomic E-state index is 0.0109. The van der Waals surface area contributed by atoms with Crippen LogP contribution in [0.5, 0.6) is 0 Å². The summed E-state index contributed by atoms with van der Waals surface area (Å²) in [6.07, 6.45) is 0. The summed E-state index contributed by atoms with van der Waals surface area (Å²) in [5.74, 6) is 0. The second kappa shape index (κ2) is 13.7. The molecule has 0 saturated heterocycles. The van der Waals surface area contributed by atoms with Gasteiger partial charge in [0.25, 0.3) is 6.71 Å². The zero-order valence-corrected chi connectivity index (χ0v) is 31.3. The van der Waals surface area contributed by atoms with Crippen molar-refractivity contribution in [2.45, 2.75) is 0 Å². The monoisotopic (exact) mass is 724 g/mol. The molecule has 11 rings (SSSR count). The second-order valence-corrected chi connectivity index (χ2v) is 14.9. The Labute approximate surface area is 334 Å². The lowest BCUT2D eigenvalue weighted by Crippen LogP contribution is -2.61. The van der Waals surface area contributed by atoms with E-state index in [0.717, 1.165) is 11.4 Å². The molecule has 0 amide bonds. The van der Waals surface area contributed by atoms with Gasteiger partial charge in [0.05, 0.1) is 0 Å². The summed E-state index contributed by atoms with van der Waals surface area (Å²) in [6, 6.07) is 82.0. The van der Waals surface area contributed by atoms with Gasteiger partial charge in [-0.2, -0.15) is 0 Å². The Balaban J connectivity index is 1.19. The van der Waals surface area contributed by atoms with Crippen LogP contribution in [0.3, 0.4) is 0 Å². The van der Waals surface area contributed by atoms with Crippen molar-refractivity contribution in [1.29, 1.82) is 0 Å². The maximum absolute atomic E-state index is 2.51. The van der Waals surface area contributed by atoms with E-state index in [-0.39, 0.29) is 6.71 Å². The van der Waals surface area contributed by atoms with Crippen LogP contribution in [0, 0.1) is 0 Å². The van der Waals surface area contributed by atoms with E-state index >= 15 is 0 Å². The first-order valence-electron chi connectivity index (χ1n) is 19.7. The highest BCUT2D eigenvalue weighted by Crippen LogP contribution is 2.46. The first-order chi connectivity index (χ1) is 28.3. The Bertz CT molecular complexity index is 2910. The summed E-state index contributed by atoms with van der Waals surface area (Å²) in [6.45, 7) is 0.0109. The minimum Gasteiger partial charge on any atom is -0.311 e. The molecule has 2 nitrogen and oxygen atoms in total. The van der Waals surface area contributed by atoms with Gasteiger partial charge in [0.1, 0.15) is 0 Å². The zero-order valence-electron chi connectivity index (χ0n) is 31.3. The van der Waals surface area contributed by atoms with Crippen molar-refractivity contribution < 1.29 is 0 Å². The molecule has 2 aliphatic heterocycles. The quantitative estimate of drug-likeness (QED) is 0.158. The van der Waals surface area contributed by atoms with Gasteiger partial charge >= 0.3 is 0 Å². The van der Waals surface area contributed by atoms with Gasteiger partial charge in [-0.3, -0.25) is 0 Å². The highest BCUT2D eigenvalue weighted by atomic mass is 15.2. The molecule has 0 atom stereocenters. The van der Waals surface area contributed by atoms with Crippen molar-refractivity contribution in [3.63, 3.8) is 0 Å². The van der Waals surface area contributed by atoms with Gasteiger partial charge in [-0.25, -0.2) is 0 Å². The number of nitrogens with zero attached hydrogens (tertiary/aromatic N) is 2. The van der Waals surface area contributed by atoms with Crippen molar-refractivity contribution in [2.24, 2.45) is 0 Å². The minimum atomic E-state index is 0.0109. The van der Waals surface area contributed by atoms with Crippen molar-refractivity contribution in [1.82, 2.24) is 0 Å². The molecule has 0 bridgehead atoms. The fourth-order valence-electron chi connectivity index (χ4n) is 9.02. The first kappa shape index (κ1) is 33.0. The lowest BCUT2D eigenvalue weighted by atomic mass is 9.33. The van der Waals surface area contributed by atoms with E-state index in [9.17, 15) is 0 Å². The zero-order chi connectivity index (χ0) is 37.7. The average Bonchev–Trinajstić information content (AvgIpc) is 3.30. The number of fused-ring (bicyclic) bond motifs is 4. The highest BCUT2D eigenvalue weighted by Gasteiger charge is 2.43. The van der Waals surface area contributed by atoms with Crippen LogP contribution < -0.4 is 26.2 Å². The second-order valence-electron chi connectivity index (χ2n) is 14.9. The molecule has 2 aliphatic rings. The summed E-state index contributed by atoms with van der Waals surface area (Å²) in [5, 5.41) is 0. The van der Waals surface area contributed by atoms with Crippen molar-refractivity contribution in [3.05, 3.63) is 224 Å². The number of benzene rings is 9. The van der Waals surface area contributed by atoms with Crippen LogP contribution >= 0.6 is 0 Å². The normalized spacial score (nSPS) is 12.5. The van der Waals surface area contributed by atoms with Crippen molar-refractivity contribution >= 4 is 57.2 Å². The van der Waals surface area contributed by atoms with Crippen LogP contribution in [0.1, 0.15) is 0 Å². The predicted molar refractivity (Wildman–Crippen MR) is 242 cm³/mol. The third-order valence-electron chi connectivity index (χ3n) is 11.6. The van der Waals surface area contributed by atoms with E-state index in [0.29, 0.717) is 0 Å². The van der Waals surface area contributed by atoms with Crippen LogP contribution in [0.4, 0.5) is 34.1 Å². The maximum atomic E-state index is 2.51. The van der Waals surface area contributed by atoms with Crippen LogP contribution in [0.2, 0.25) is 0 Å². The molecular weight excluding hydrogens is 687 g/mol. The SMILES string of the molecule is c1ccc(-c2cccc(N3c4ccc(-c5ccccc5)cc4B4c5ccc(-c6ccccc6)cc5N(c5cccc(-c6ccccc6)c5)c5cccc3c54)c2)cc1. The molecular formula is C54H37BN2. The number of anilines is 6. The van der Waals surface area contributed by atoms with Crippen LogP contribution in [0.15, 0.2) is 224 Å². The third kappa shape index (κ3) is 5.67. The molecule has 266 valence electrons. The van der Waals surface area contributed by atoms with Gasteiger partial charge in [0.15, 0.2) is 0 Å². The standard InChI is InChI=1S/C54H37BN2/c1-5-16-38(17-6-1)42-24-13-26-46(34-42)56-50-33-31-44(40-20-9-3-10-21-40)36-49(50)55-48-32-30-45(41-22-11-4-12-23-41)37-53(48)57(52-29-15-28-51(56)54(52)55)47-27-14-25-43(35-47)39-18-7-2-8-19-39/h1-37H. The molecule has 2 heterocycles. The molecule has 0 fully saturated rings.